The minimum absolute atomic E-state index is 0.261. The van der Waals surface area contributed by atoms with Gasteiger partial charge < -0.3 is 9.84 Å². The summed E-state index contributed by atoms with van der Waals surface area (Å²) in [4.78, 5) is 0. The number of hydrogen-bond donors (Lipinski definition) is 1. The van der Waals surface area contributed by atoms with Gasteiger partial charge in [0.1, 0.15) is 0 Å². The van der Waals surface area contributed by atoms with Gasteiger partial charge in [0.15, 0.2) is 0 Å². The second-order valence-electron chi connectivity index (χ2n) is 5.34. The maximum atomic E-state index is 10.2. The first-order valence-corrected chi connectivity index (χ1v) is 7.01. The molecular formula is C14H28O2. The van der Waals surface area contributed by atoms with E-state index in [2.05, 4.69) is 13.8 Å². The summed E-state index contributed by atoms with van der Waals surface area (Å²) >= 11 is 0. The summed E-state index contributed by atoms with van der Waals surface area (Å²) in [6.45, 7) is 5.12. The predicted molar refractivity (Wildman–Crippen MR) is 67.6 cm³/mol. The van der Waals surface area contributed by atoms with E-state index in [1.807, 2.05) is 0 Å². The molecule has 0 aromatic carbocycles. The summed E-state index contributed by atoms with van der Waals surface area (Å²) in [5, 5.41) is 10.2. The van der Waals surface area contributed by atoms with E-state index in [4.69, 9.17) is 4.74 Å². The van der Waals surface area contributed by atoms with Crippen molar-refractivity contribution in [2.24, 2.45) is 0 Å². The minimum Gasteiger partial charge on any atom is -0.390 e. The SMILES string of the molecule is CCCCCCCC(O)C1(C)CCCCO1. The molecule has 0 aromatic heterocycles. The Morgan fingerprint density at radius 1 is 1.19 bits per heavy atom. The fourth-order valence-corrected chi connectivity index (χ4v) is 2.46. The molecule has 1 N–H and O–H groups in total. The van der Waals surface area contributed by atoms with E-state index in [1.54, 1.807) is 0 Å². The highest BCUT2D eigenvalue weighted by Crippen LogP contribution is 2.30. The summed E-state index contributed by atoms with van der Waals surface area (Å²) < 4.78 is 5.76. The Hall–Kier alpha value is -0.0800. The fourth-order valence-electron chi connectivity index (χ4n) is 2.46. The van der Waals surface area contributed by atoms with E-state index in [0.717, 1.165) is 32.3 Å². The van der Waals surface area contributed by atoms with Crippen molar-refractivity contribution < 1.29 is 9.84 Å². The Balaban J connectivity index is 2.15. The third-order valence-corrected chi connectivity index (χ3v) is 3.79. The van der Waals surface area contributed by atoms with Crippen molar-refractivity contribution in [3.05, 3.63) is 0 Å². The topological polar surface area (TPSA) is 29.5 Å². The lowest BCUT2D eigenvalue weighted by atomic mass is 9.87. The molecular weight excluding hydrogens is 200 g/mol. The van der Waals surface area contributed by atoms with Gasteiger partial charge in [0, 0.05) is 6.61 Å². The molecule has 0 bridgehead atoms. The average Bonchev–Trinajstić information content (AvgIpc) is 2.29. The molecule has 2 unspecified atom stereocenters. The highest BCUT2D eigenvalue weighted by molar-refractivity contribution is 4.86. The smallest absolute Gasteiger partial charge is 0.0912 e. The quantitative estimate of drug-likeness (QED) is 0.674. The lowest BCUT2D eigenvalue weighted by Crippen LogP contribution is -2.44. The van der Waals surface area contributed by atoms with Crippen molar-refractivity contribution in [3.63, 3.8) is 0 Å². The van der Waals surface area contributed by atoms with Crippen LogP contribution in [0.2, 0.25) is 0 Å². The molecule has 1 aliphatic rings. The molecule has 2 nitrogen and oxygen atoms in total. The molecule has 1 heterocycles. The van der Waals surface area contributed by atoms with Crippen molar-refractivity contribution >= 4 is 0 Å². The van der Waals surface area contributed by atoms with Gasteiger partial charge >= 0.3 is 0 Å². The number of aliphatic hydroxyl groups excluding tert-OH is 1. The van der Waals surface area contributed by atoms with Gasteiger partial charge in [0.2, 0.25) is 0 Å². The average molecular weight is 228 g/mol. The van der Waals surface area contributed by atoms with E-state index in [9.17, 15) is 5.11 Å². The van der Waals surface area contributed by atoms with Gasteiger partial charge in [-0.25, -0.2) is 0 Å². The van der Waals surface area contributed by atoms with Crippen molar-refractivity contribution in [3.8, 4) is 0 Å². The molecule has 96 valence electrons. The van der Waals surface area contributed by atoms with Crippen LogP contribution in [-0.4, -0.2) is 23.4 Å². The molecule has 2 heteroatoms. The van der Waals surface area contributed by atoms with Crippen molar-refractivity contribution in [1.82, 2.24) is 0 Å². The van der Waals surface area contributed by atoms with Crippen LogP contribution in [0.15, 0.2) is 0 Å². The third kappa shape index (κ3) is 4.42. The maximum absolute atomic E-state index is 10.2. The molecule has 1 saturated heterocycles. The first-order valence-electron chi connectivity index (χ1n) is 7.01. The Labute approximate surface area is 100 Å². The van der Waals surface area contributed by atoms with Gasteiger partial charge in [-0.1, -0.05) is 39.0 Å². The molecule has 16 heavy (non-hydrogen) atoms. The molecule has 1 fully saturated rings. The fraction of sp³-hybridized carbons (Fsp3) is 1.00. The zero-order valence-corrected chi connectivity index (χ0v) is 11.0. The molecule has 0 saturated carbocycles. The van der Waals surface area contributed by atoms with Crippen LogP contribution in [0.4, 0.5) is 0 Å². The van der Waals surface area contributed by atoms with Crippen LogP contribution in [-0.2, 0) is 4.74 Å². The van der Waals surface area contributed by atoms with E-state index < -0.39 is 0 Å². The van der Waals surface area contributed by atoms with Crippen LogP contribution in [0.5, 0.6) is 0 Å². The first-order chi connectivity index (χ1) is 7.69. The number of unbranched alkanes of at least 4 members (excludes halogenated alkanes) is 4. The Kier molecular flexibility index (Phi) is 6.37. The zero-order valence-electron chi connectivity index (χ0n) is 11.0. The minimum atomic E-state index is -0.269. The van der Waals surface area contributed by atoms with Crippen LogP contribution in [0.25, 0.3) is 0 Å². The predicted octanol–water partition coefficient (Wildman–Crippen LogP) is 3.67. The van der Waals surface area contributed by atoms with Gasteiger partial charge in [0.05, 0.1) is 11.7 Å². The van der Waals surface area contributed by atoms with Crippen LogP contribution < -0.4 is 0 Å². The van der Waals surface area contributed by atoms with Crippen LogP contribution >= 0.6 is 0 Å². The summed E-state index contributed by atoms with van der Waals surface area (Å²) in [5.41, 5.74) is -0.261. The highest BCUT2D eigenvalue weighted by Gasteiger charge is 2.34. The second-order valence-corrected chi connectivity index (χ2v) is 5.34. The van der Waals surface area contributed by atoms with Crippen LogP contribution in [0, 0.1) is 0 Å². The molecule has 1 rings (SSSR count). The Bertz CT molecular complexity index is 174. The zero-order chi connectivity index (χ0) is 11.9. The van der Waals surface area contributed by atoms with Crippen LogP contribution in [0.3, 0.4) is 0 Å². The normalized spacial score (nSPS) is 27.9. The van der Waals surface area contributed by atoms with Gasteiger partial charge in [-0.05, 0) is 32.6 Å². The molecule has 1 aliphatic heterocycles. The number of hydrogen-bond acceptors (Lipinski definition) is 2. The Morgan fingerprint density at radius 2 is 1.94 bits per heavy atom. The molecule has 0 aromatic rings. The van der Waals surface area contributed by atoms with Crippen molar-refractivity contribution in [1.29, 1.82) is 0 Å². The number of ether oxygens (including phenoxy) is 1. The standard InChI is InChI=1S/C14H28O2/c1-3-4-5-6-7-10-13(15)14(2)11-8-9-12-16-14/h13,15H,3-12H2,1-2H3. The molecule has 0 aliphatic carbocycles. The van der Waals surface area contributed by atoms with Gasteiger partial charge in [0.25, 0.3) is 0 Å². The molecule has 0 amide bonds. The third-order valence-electron chi connectivity index (χ3n) is 3.79. The number of rotatable bonds is 7. The van der Waals surface area contributed by atoms with E-state index in [0.29, 0.717) is 0 Å². The van der Waals surface area contributed by atoms with Crippen molar-refractivity contribution in [2.75, 3.05) is 6.61 Å². The lowest BCUT2D eigenvalue weighted by molar-refractivity contribution is -0.138. The number of aliphatic hydroxyl groups is 1. The monoisotopic (exact) mass is 228 g/mol. The summed E-state index contributed by atoms with van der Waals surface area (Å²) in [5.74, 6) is 0. The van der Waals surface area contributed by atoms with E-state index in [1.165, 1.54) is 32.1 Å². The lowest BCUT2D eigenvalue weighted by Gasteiger charge is -2.38. The van der Waals surface area contributed by atoms with Gasteiger partial charge in [-0.15, -0.1) is 0 Å². The molecule has 2 atom stereocenters. The largest absolute Gasteiger partial charge is 0.390 e. The van der Waals surface area contributed by atoms with E-state index >= 15 is 0 Å². The van der Waals surface area contributed by atoms with Gasteiger partial charge in [-0.2, -0.15) is 0 Å². The van der Waals surface area contributed by atoms with Crippen LogP contribution in [0.1, 0.15) is 71.6 Å². The first kappa shape index (κ1) is 14.0. The molecule has 0 radical (unpaired) electrons. The van der Waals surface area contributed by atoms with Gasteiger partial charge in [-0.3, -0.25) is 0 Å². The van der Waals surface area contributed by atoms with Crippen molar-refractivity contribution in [2.45, 2.75) is 83.3 Å². The summed E-state index contributed by atoms with van der Waals surface area (Å²) in [6.07, 6.45) is 10.3. The van der Waals surface area contributed by atoms with E-state index in [-0.39, 0.29) is 11.7 Å². The maximum Gasteiger partial charge on any atom is 0.0912 e. The molecule has 0 spiro atoms. The summed E-state index contributed by atoms with van der Waals surface area (Å²) in [6, 6.07) is 0. The Morgan fingerprint density at radius 3 is 2.56 bits per heavy atom. The summed E-state index contributed by atoms with van der Waals surface area (Å²) in [7, 11) is 0. The second kappa shape index (κ2) is 7.29. The highest BCUT2D eigenvalue weighted by atomic mass is 16.5.